The summed E-state index contributed by atoms with van der Waals surface area (Å²) < 4.78 is 7.22. The molecule has 2 N–H and O–H groups in total. The summed E-state index contributed by atoms with van der Waals surface area (Å²) in [5.41, 5.74) is 5.09. The van der Waals surface area contributed by atoms with Crippen LogP contribution >= 0.6 is 0 Å². The van der Waals surface area contributed by atoms with Crippen LogP contribution in [0.15, 0.2) is 36.4 Å². The van der Waals surface area contributed by atoms with Gasteiger partial charge in [-0.05, 0) is 71.1 Å². The predicted octanol–water partition coefficient (Wildman–Crippen LogP) is 2.38. The molecule has 0 unspecified atom stereocenters. The highest BCUT2D eigenvalue weighted by Crippen LogP contribution is 2.40. The minimum absolute atomic E-state index is 0.0443. The van der Waals surface area contributed by atoms with E-state index in [0.717, 1.165) is 49.4 Å². The molecule has 1 aliphatic heterocycles. The van der Waals surface area contributed by atoms with Gasteiger partial charge in [-0.2, -0.15) is 4.68 Å². The van der Waals surface area contributed by atoms with Crippen LogP contribution in [0.25, 0.3) is 5.69 Å². The van der Waals surface area contributed by atoms with Crippen molar-refractivity contribution in [1.82, 2.24) is 25.5 Å². The molecule has 2 aromatic carbocycles. The number of aromatic nitrogens is 4. The first-order valence-corrected chi connectivity index (χ1v) is 10.3. The van der Waals surface area contributed by atoms with Crippen LogP contribution in [0.4, 0.5) is 5.69 Å². The molecule has 1 aromatic heterocycles. The summed E-state index contributed by atoms with van der Waals surface area (Å²) >= 11 is 0. The molecule has 0 spiro atoms. The summed E-state index contributed by atoms with van der Waals surface area (Å²) in [6.07, 6.45) is 3.49. The Morgan fingerprint density at radius 3 is 3.03 bits per heavy atom. The first-order chi connectivity index (χ1) is 14.7. The fourth-order valence-electron chi connectivity index (χ4n) is 4.05. The zero-order valence-electron chi connectivity index (χ0n) is 16.9. The summed E-state index contributed by atoms with van der Waals surface area (Å²) in [5, 5.41) is 18.6. The Kier molecular flexibility index (Phi) is 4.92. The minimum atomic E-state index is -0.0443. The molecule has 3 aromatic rings. The molecule has 2 heterocycles. The number of rotatable bonds is 6. The molecule has 1 fully saturated rings. The number of hydrogen-bond donors (Lipinski definition) is 2. The van der Waals surface area contributed by atoms with Gasteiger partial charge in [0.15, 0.2) is 5.82 Å². The molecule has 0 atom stereocenters. The van der Waals surface area contributed by atoms with Crippen molar-refractivity contribution in [2.24, 2.45) is 0 Å². The highest BCUT2D eigenvalue weighted by atomic mass is 16.5. The van der Waals surface area contributed by atoms with E-state index in [4.69, 9.17) is 4.74 Å². The van der Waals surface area contributed by atoms with Crippen molar-refractivity contribution < 1.29 is 9.53 Å². The highest BCUT2D eigenvalue weighted by molar-refractivity contribution is 5.93. The number of methoxy groups -OCH3 is 1. The number of ether oxygens (including phenoxy) is 1. The van der Waals surface area contributed by atoms with Crippen molar-refractivity contribution in [2.45, 2.75) is 38.1 Å². The molecule has 8 nitrogen and oxygen atoms in total. The molecule has 154 valence electrons. The SMILES string of the molecule is COc1ccc(NC(=O)Cc2cccc3c2CCNC3)cc1-n1nnnc1C1CC1. The van der Waals surface area contributed by atoms with Crippen LogP contribution < -0.4 is 15.4 Å². The number of hydrogen-bond acceptors (Lipinski definition) is 6. The van der Waals surface area contributed by atoms with Gasteiger partial charge in [0.1, 0.15) is 11.4 Å². The molecular formula is C22H24N6O2. The van der Waals surface area contributed by atoms with Crippen LogP contribution in [-0.2, 0) is 24.2 Å². The number of fused-ring (bicyclic) bond motifs is 1. The van der Waals surface area contributed by atoms with E-state index >= 15 is 0 Å². The number of benzene rings is 2. The Hall–Kier alpha value is -3.26. The highest BCUT2D eigenvalue weighted by Gasteiger charge is 2.30. The van der Waals surface area contributed by atoms with Gasteiger partial charge in [-0.25, -0.2) is 0 Å². The smallest absolute Gasteiger partial charge is 0.228 e. The van der Waals surface area contributed by atoms with E-state index in [1.807, 2.05) is 30.3 Å². The number of anilines is 1. The van der Waals surface area contributed by atoms with Crippen molar-refractivity contribution >= 4 is 11.6 Å². The van der Waals surface area contributed by atoms with Crippen LogP contribution in [0.5, 0.6) is 5.75 Å². The Bertz CT molecular complexity index is 1090. The van der Waals surface area contributed by atoms with Crippen LogP contribution in [0, 0.1) is 0 Å². The average molecular weight is 404 g/mol. The van der Waals surface area contributed by atoms with Gasteiger partial charge in [-0.1, -0.05) is 18.2 Å². The van der Waals surface area contributed by atoms with Crippen LogP contribution in [-0.4, -0.2) is 39.8 Å². The van der Waals surface area contributed by atoms with Gasteiger partial charge in [-0.3, -0.25) is 4.79 Å². The summed E-state index contributed by atoms with van der Waals surface area (Å²) in [6, 6.07) is 11.7. The molecule has 2 aliphatic rings. The second-order valence-electron chi connectivity index (χ2n) is 7.82. The van der Waals surface area contributed by atoms with E-state index in [0.29, 0.717) is 23.8 Å². The number of tetrazole rings is 1. The quantitative estimate of drug-likeness (QED) is 0.655. The molecule has 0 saturated heterocycles. The van der Waals surface area contributed by atoms with Crippen molar-refractivity contribution in [2.75, 3.05) is 19.0 Å². The third-order valence-corrected chi connectivity index (χ3v) is 5.72. The van der Waals surface area contributed by atoms with Crippen molar-refractivity contribution in [3.05, 3.63) is 58.9 Å². The minimum Gasteiger partial charge on any atom is -0.494 e. The number of nitrogens with zero attached hydrogens (tertiary/aromatic N) is 4. The zero-order chi connectivity index (χ0) is 20.5. The van der Waals surface area contributed by atoms with E-state index in [1.165, 1.54) is 11.1 Å². The van der Waals surface area contributed by atoms with Gasteiger partial charge in [0.2, 0.25) is 5.91 Å². The molecule has 1 saturated carbocycles. The van der Waals surface area contributed by atoms with Gasteiger partial charge in [0.25, 0.3) is 0 Å². The lowest BCUT2D eigenvalue weighted by atomic mass is 9.93. The Morgan fingerprint density at radius 2 is 2.20 bits per heavy atom. The van der Waals surface area contributed by atoms with Crippen LogP contribution in [0.1, 0.15) is 41.3 Å². The second kappa shape index (κ2) is 7.87. The van der Waals surface area contributed by atoms with Gasteiger partial charge in [-0.15, -0.1) is 5.10 Å². The Morgan fingerprint density at radius 1 is 1.30 bits per heavy atom. The molecule has 8 heteroatoms. The van der Waals surface area contributed by atoms with E-state index < -0.39 is 0 Å². The van der Waals surface area contributed by atoms with Gasteiger partial charge >= 0.3 is 0 Å². The largest absolute Gasteiger partial charge is 0.494 e. The van der Waals surface area contributed by atoms with Crippen molar-refractivity contribution in [1.29, 1.82) is 0 Å². The fourth-order valence-corrected chi connectivity index (χ4v) is 4.05. The zero-order valence-corrected chi connectivity index (χ0v) is 16.9. The van der Waals surface area contributed by atoms with Gasteiger partial charge in [0, 0.05) is 18.2 Å². The van der Waals surface area contributed by atoms with Gasteiger partial charge in [0.05, 0.1) is 13.5 Å². The fraction of sp³-hybridized carbons (Fsp3) is 0.364. The lowest BCUT2D eigenvalue weighted by Crippen LogP contribution is -2.25. The third kappa shape index (κ3) is 3.66. The standard InChI is InChI=1S/C22H24N6O2/c1-30-20-8-7-17(12-19(20)28-22(14-5-6-14)25-26-27-28)24-21(29)11-15-3-2-4-16-13-23-10-9-18(15)16/h2-4,7-8,12,14,23H,5-6,9-11,13H2,1H3,(H,24,29). The first kappa shape index (κ1) is 18.7. The number of nitrogens with one attached hydrogen (secondary N) is 2. The molecule has 30 heavy (non-hydrogen) atoms. The van der Waals surface area contributed by atoms with E-state index in [9.17, 15) is 4.79 Å². The summed E-state index contributed by atoms with van der Waals surface area (Å²) in [6.45, 7) is 1.81. The summed E-state index contributed by atoms with van der Waals surface area (Å²) in [7, 11) is 1.62. The Balaban J connectivity index is 1.38. The van der Waals surface area contributed by atoms with Crippen molar-refractivity contribution in [3.63, 3.8) is 0 Å². The van der Waals surface area contributed by atoms with Crippen LogP contribution in [0.2, 0.25) is 0 Å². The lowest BCUT2D eigenvalue weighted by Gasteiger charge is -2.20. The maximum absolute atomic E-state index is 12.8. The maximum Gasteiger partial charge on any atom is 0.228 e. The summed E-state index contributed by atoms with van der Waals surface area (Å²) in [5.74, 6) is 1.84. The molecule has 0 bridgehead atoms. The first-order valence-electron chi connectivity index (χ1n) is 10.3. The number of amides is 1. The van der Waals surface area contributed by atoms with Crippen molar-refractivity contribution in [3.8, 4) is 11.4 Å². The topological polar surface area (TPSA) is 94.0 Å². The Labute approximate surface area is 174 Å². The molecule has 5 rings (SSSR count). The van der Waals surface area contributed by atoms with E-state index in [2.05, 4.69) is 32.2 Å². The molecular weight excluding hydrogens is 380 g/mol. The molecule has 1 amide bonds. The number of carbonyl (C=O) groups excluding carboxylic acids is 1. The lowest BCUT2D eigenvalue weighted by molar-refractivity contribution is -0.115. The molecule has 0 radical (unpaired) electrons. The monoisotopic (exact) mass is 404 g/mol. The summed E-state index contributed by atoms with van der Waals surface area (Å²) in [4.78, 5) is 12.8. The van der Waals surface area contributed by atoms with E-state index in [1.54, 1.807) is 11.8 Å². The van der Waals surface area contributed by atoms with Crippen LogP contribution in [0.3, 0.4) is 0 Å². The van der Waals surface area contributed by atoms with E-state index in [-0.39, 0.29) is 5.91 Å². The number of carbonyl (C=O) groups is 1. The third-order valence-electron chi connectivity index (χ3n) is 5.72. The normalized spacial score (nSPS) is 15.5. The average Bonchev–Trinajstić information content (AvgIpc) is 3.50. The maximum atomic E-state index is 12.8. The van der Waals surface area contributed by atoms with Gasteiger partial charge < -0.3 is 15.4 Å². The molecule has 1 aliphatic carbocycles. The second-order valence-corrected chi connectivity index (χ2v) is 7.82. The predicted molar refractivity (Wildman–Crippen MR) is 112 cm³/mol.